The fourth-order valence-electron chi connectivity index (χ4n) is 3.31. The average molecular weight is 558 g/mol. The maximum Gasteiger partial charge on any atom is 0.224 e. The predicted octanol–water partition coefficient (Wildman–Crippen LogP) is 2.16. The van der Waals surface area contributed by atoms with Crippen molar-refractivity contribution in [2.24, 2.45) is 4.99 Å². The first-order valence-electron chi connectivity index (χ1n) is 10.5. The molecule has 1 amide bonds. The number of aryl methyl sites for hydroxylation is 1. The number of halogens is 1. The third-order valence-electron chi connectivity index (χ3n) is 5.04. The van der Waals surface area contributed by atoms with Gasteiger partial charge in [-0.05, 0) is 18.6 Å². The number of guanidine groups is 1. The third-order valence-corrected chi connectivity index (χ3v) is 6.24. The standard InChI is InChI=1S/C21H31N7OS.HI/c1-3-17-16-26-19(30-17)7-10-24-21(22-2)25-11-8-20(29)28-14-12-27(13-15-28)18-6-4-5-9-23-18;/h4-6,9,16H,3,7-8,10-15H2,1-2H3,(H2,22,24,25);1H. The summed E-state index contributed by atoms with van der Waals surface area (Å²) in [6.07, 6.45) is 6.11. The highest BCUT2D eigenvalue weighted by Crippen LogP contribution is 2.14. The molecule has 1 fully saturated rings. The fraction of sp³-hybridized carbons (Fsp3) is 0.524. The second-order valence-electron chi connectivity index (χ2n) is 7.06. The van der Waals surface area contributed by atoms with Crippen LogP contribution in [-0.4, -0.2) is 73.1 Å². The minimum atomic E-state index is 0. The molecule has 170 valence electrons. The van der Waals surface area contributed by atoms with E-state index in [1.807, 2.05) is 29.3 Å². The molecule has 0 radical (unpaired) electrons. The molecule has 0 spiro atoms. The van der Waals surface area contributed by atoms with E-state index in [2.05, 4.69) is 37.4 Å². The summed E-state index contributed by atoms with van der Waals surface area (Å²) in [5.41, 5.74) is 0. The van der Waals surface area contributed by atoms with Crippen LogP contribution in [0.5, 0.6) is 0 Å². The Balaban J connectivity index is 0.00000341. The minimum absolute atomic E-state index is 0. The third kappa shape index (κ3) is 7.91. The number of carbonyl (C=O) groups excluding carboxylic acids is 1. The van der Waals surface area contributed by atoms with Gasteiger partial charge in [0.2, 0.25) is 5.91 Å². The highest BCUT2D eigenvalue weighted by molar-refractivity contribution is 14.0. The van der Waals surface area contributed by atoms with E-state index in [1.54, 1.807) is 24.6 Å². The van der Waals surface area contributed by atoms with Gasteiger partial charge < -0.3 is 20.4 Å². The Bertz CT molecular complexity index is 822. The van der Waals surface area contributed by atoms with Crippen molar-refractivity contribution in [2.75, 3.05) is 51.2 Å². The van der Waals surface area contributed by atoms with Crippen LogP contribution in [0.4, 0.5) is 5.82 Å². The van der Waals surface area contributed by atoms with Crippen molar-refractivity contribution in [3.8, 4) is 0 Å². The zero-order chi connectivity index (χ0) is 21.2. The number of hydrogen-bond acceptors (Lipinski definition) is 6. The molecule has 10 heteroatoms. The van der Waals surface area contributed by atoms with E-state index >= 15 is 0 Å². The van der Waals surface area contributed by atoms with E-state index in [0.29, 0.717) is 13.0 Å². The van der Waals surface area contributed by atoms with Crippen LogP contribution < -0.4 is 15.5 Å². The molecule has 8 nitrogen and oxygen atoms in total. The van der Waals surface area contributed by atoms with Crippen LogP contribution in [0.3, 0.4) is 0 Å². The topological polar surface area (TPSA) is 85.7 Å². The molecule has 2 N–H and O–H groups in total. The lowest BCUT2D eigenvalue weighted by Gasteiger charge is -2.35. The number of hydrogen-bond donors (Lipinski definition) is 2. The Morgan fingerprint density at radius 3 is 2.58 bits per heavy atom. The van der Waals surface area contributed by atoms with Gasteiger partial charge in [-0.1, -0.05) is 13.0 Å². The molecule has 1 saturated heterocycles. The van der Waals surface area contributed by atoms with Gasteiger partial charge in [0.05, 0.1) is 5.01 Å². The molecule has 2 aromatic rings. The largest absolute Gasteiger partial charge is 0.356 e. The van der Waals surface area contributed by atoms with Crippen LogP contribution in [0.2, 0.25) is 0 Å². The van der Waals surface area contributed by atoms with Gasteiger partial charge in [0.1, 0.15) is 5.82 Å². The lowest BCUT2D eigenvalue weighted by Crippen LogP contribution is -2.49. The number of carbonyl (C=O) groups is 1. The van der Waals surface area contributed by atoms with Crippen molar-refractivity contribution < 1.29 is 4.79 Å². The van der Waals surface area contributed by atoms with Crippen LogP contribution in [0.15, 0.2) is 35.6 Å². The maximum atomic E-state index is 12.5. The van der Waals surface area contributed by atoms with E-state index < -0.39 is 0 Å². The summed E-state index contributed by atoms with van der Waals surface area (Å²) in [6.45, 7) is 6.57. The number of aromatic nitrogens is 2. The molecular formula is C21H32IN7OS. The number of piperazine rings is 1. The fourth-order valence-corrected chi connectivity index (χ4v) is 4.17. The van der Waals surface area contributed by atoms with E-state index in [0.717, 1.165) is 62.4 Å². The molecule has 0 aliphatic carbocycles. The summed E-state index contributed by atoms with van der Waals surface area (Å²) >= 11 is 1.76. The first kappa shape index (κ1) is 25.3. The van der Waals surface area contributed by atoms with Crippen molar-refractivity contribution in [1.82, 2.24) is 25.5 Å². The summed E-state index contributed by atoms with van der Waals surface area (Å²) < 4.78 is 0. The number of nitrogens with one attached hydrogen (secondary N) is 2. The SMILES string of the molecule is CCc1cnc(CCNC(=NC)NCCC(=O)N2CCN(c3ccccn3)CC2)s1.I. The first-order chi connectivity index (χ1) is 14.7. The smallest absolute Gasteiger partial charge is 0.224 e. The summed E-state index contributed by atoms with van der Waals surface area (Å²) in [7, 11) is 1.74. The van der Waals surface area contributed by atoms with Gasteiger partial charge in [-0.2, -0.15) is 0 Å². The van der Waals surface area contributed by atoms with Crippen molar-refractivity contribution in [3.63, 3.8) is 0 Å². The second kappa shape index (κ2) is 13.5. The summed E-state index contributed by atoms with van der Waals surface area (Å²) in [5.74, 6) is 1.87. The number of aliphatic imine (C=N–C) groups is 1. The van der Waals surface area contributed by atoms with E-state index in [-0.39, 0.29) is 29.9 Å². The molecule has 3 rings (SSSR count). The van der Waals surface area contributed by atoms with Crippen molar-refractivity contribution >= 4 is 53.0 Å². The quantitative estimate of drug-likeness (QED) is 0.294. The van der Waals surface area contributed by atoms with Crippen molar-refractivity contribution in [1.29, 1.82) is 0 Å². The molecule has 0 saturated carbocycles. The Kier molecular flexibility index (Phi) is 11.0. The molecule has 3 heterocycles. The van der Waals surface area contributed by atoms with E-state index in [4.69, 9.17) is 0 Å². The van der Waals surface area contributed by atoms with Gasteiger partial charge in [-0.25, -0.2) is 9.97 Å². The molecular weight excluding hydrogens is 525 g/mol. The zero-order valence-electron chi connectivity index (χ0n) is 18.2. The van der Waals surface area contributed by atoms with Gasteiger partial charge in [-0.3, -0.25) is 9.79 Å². The molecule has 0 atom stereocenters. The Morgan fingerprint density at radius 1 is 1.16 bits per heavy atom. The highest BCUT2D eigenvalue weighted by Gasteiger charge is 2.21. The van der Waals surface area contributed by atoms with Crippen LogP contribution in [0.25, 0.3) is 0 Å². The lowest BCUT2D eigenvalue weighted by molar-refractivity contribution is -0.131. The van der Waals surface area contributed by atoms with Gasteiger partial charge in [0.25, 0.3) is 0 Å². The van der Waals surface area contributed by atoms with Gasteiger partial charge in [-0.15, -0.1) is 35.3 Å². The van der Waals surface area contributed by atoms with E-state index in [9.17, 15) is 4.79 Å². The normalized spacial score (nSPS) is 14.2. The number of anilines is 1. The monoisotopic (exact) mass is 557 g/mol. The first-order valence-corrected chi connectivity index (χ1v) is 11.3. The van der Waals surface area contributed by atoms with Crippen LogP contribution >= 0.6 is 35.3 Å². The van der Waals surface area contributed by atoms with Crippen LogP contribution in [0.1, 0.15) is 23.2 Å². The molecule has 31 heavy (non-hydrogen) atoms. The van der Waals surface area contributed by atoms with E-state index in [1.165, 1.54) is 4.88 Å². The zero-order valence-corrected chi connectivity index (χ0v) is 21.4. The molecule has 1 aliphatic heterocycles. The molecule has 2 aromatic heterocycles. The number of rotatable bonds is 8. The minimum Gasteiger partial charge on any atom is -0.356 e. The highest BCUT2D eigenvalue weighted by atomic mass is 127. The van der Waals surface area contributed by atoms with Crippen molar-refractivity contribution in [3.05, 3.63) is 40.5 Å². The second-order valence-corrected chi connectivity index (χ2v) is 8.26. The van der Waals surface area contributed by atoms with Gasteiger partial charge in [0, 0.05) is 76.4 Å². The van der Waals surface area contributed by atoms with Crippen molar-refractivity contribution in [2.45, 2.75) is 26.2 Å². The lowest BCUT2D eigenvalue weighted by atomic mass is 10.2. The Morgan fingerprint density at radius 2 is 1.94 bits per heavy atom. The van der Waals surface area contributed by atoms with Gasteiger partial charge in [0.15, 0.2) is 5.96 Å². The molecule has 0 unspecified atom stereocenters. The number of thiazole rings is 1. The van der Waals surface area contributed by atoms with Crippen LogP contribution in [0, 0.1) is 0 Å². The number of pyridine rings is 1. The average Bonchev–Trinajstić information content (AvgIpc) is 3.26. The maximum absolute atomic E-state index is 12.5. The summed E-state index contributed by atoms with van der Waals surface area (Å²) in [6, 6.07) is 5.92. The number of nitrogens with zero attached hydrogens (tertiary/aromatic N) is 5. The summed E-state index contributed by atoms with van der Waals surface area (Å²) in [5, 5.41) is 7.65. The number of amides is 1. The Hall–Kier alpha value is -1.95. The predicted molar refractivity (Wildman–Crippen MR) is 138 cm³/mol. The molecule has 0 bridgehead atoms. The molecule has 0 aromatic carbocycles. The van der Waals surface area contributed by atoms with Gasteiger partial charge >= 0.3 is 0 Å². The summed E-state index contributed by atoms with van der Waals surface area (Å²) in [4.78, 5) is 31.0. The molecule has 1 aliphatic rings. The van der Waals surface area contributed by atoms with Crippen LogP contribution in [-0.2, 0) is 17.6 Å². The Labute approximate surface area is 205 Å².